The number of fused-ring (bicyclic) bond motifs is 1. The fraction of sp³-hybridized carbons (Fsp3) is 0.476. The molecule has 4 nitrogen and oxygen atoms in total. The minimum absolute atomic E-state index is 0.0224. The summed E-state index contributed by atoms with van der Waals surface area (Å²) < 4.78 is 1.43. The highest BCUT2D eigenvalue weighted by molar-refractivity contribution is 9.10. The van der Waals surface area contributed by atoms with Crippen LogP contribution in [0.2, 0.25) is 0 Å². The molecule has 3 rings (SSSR count). The summed E-state index contributed by atoms with van der Waals surface area (Å²) in [5.41, 5.74) is 2.20. The van der Waals surface area contributed by atoms with Crippen molar-refractivity contribution in [3.8, 4) is 0 Å². The number of nitrogens with zero attached hydrogens (tertiary/aromatic N) is 2. The van der Waals surface area contributed by atoms with E-state index in [-0.39, 0.29) is 17.9 Å². The standard InChI is InChI=1S/C21H25BrN2O2S2/c1-4-6-7-8-11-23-16-10-9-14(22)12-15(16)17(19(23)25)18-20(26)24(13(3)5-2)21(27)28-18/h9-10,12-13H,4-8,11H2,1-3H3. The van der Waals surface area contributed by atoms with Crippen molar-refractivity contribution in [2.45, 2.75) is 58.9 Å². The number of thioether (sulfide) groups is 1. The van der Waals surface area contributed by atoms with Gasteiger partial charge in [-0.05, 0) is 38.0 Å². The van der Waals surface area contributed by atoms with Gasteiger partial charge in [-0.1, -0.05) is 73.0 Å². The number of benzene rings is 1. The molecule has 150 valence electrons. The normalized spacial score (nSPS) is 20.4. The number of halogens is 1. The molecule has 0 spiro atoms. The summed E-state index contributed by atoms with van der Waals surface area (Å²) in [5, 5.41) is 0. The van der Waals surface area contributed by atoms with Gasteiger partial charge in [-0.2, -0.15) is 0 Å². The predicted octanol–water partition coefficient (Wildman–Crippen LogP) is 5.75. The van der Waals surface area contributed by atoms with E-state index in [0.29, 0.717) is 21.3 Å². The van der Waals surface area contributed by atoms with Gasteiger partial charge < -0.3 is 4.90 Å². The van der Waals surface area contributed by atoms with E-state index in [4.69, 9.17) is 12.2 Å². The van der Waals surface area contributed by atoms with Gasteiger partial charge in [-0.25, -0.2) is 0 Å². The smallest absolute Gasteiger partial charge is 0.267 e. The van der Waals surface area contributed by atoms with Gasteiger partial charge >= 0.3 is 0 Å². The van der Waals surface area contributed by atoms with E-state index in [1.165, 1.54) is 11.8 Å². The zero-order valence-electron chi connectivity index (χ0n) is 16.5. The number of hydrogen-bond donors (Lipinski definition) is 0. The van der Waals surface area contributed by atoms with Crippen molar-refractivity contribution in [2.75, 3.05) is 11.4 Å². The molecule has 0 aliphatic carbocycles. The minimum atomic E-state index is -0.147. The van der Waals surface area contributed by atoms with E-state index in [0.717, 1.165) is 47.8 Å². The highest BCUT2D eigenvalue weighted by Crippen LogP contribution is 2.46. The van der Waals surface area contributed by atoms with Crippen molar-refractivity contribution in [2.24, 2.45) is 0 Å². The molecule has 2 heterocycles. The third kappa shape index (κ3) is 3.94. The molecule has 2 aliphatic rings. The molecule has 0 radical (unpaired) electrons. The highest BCUT2D eigenvalue weighted by atomic mass is 79.9. The Morgan fingerprint density at radius 1 is 1.14 bits per heavy atom. The van der Waals surface area contributed by atoms with Gasteiger partial charge in [0.05, 0.1) is 16.2 Å². The molecule has 0 N–H and O–H groups in total. The first-order valence-electron chi connectivity index (χ1n) is 9.82. The van der Waals surface area contributed by atoms with Crippen LogP contribution < -0.4 is 4.90 Å². The van der Waals surface area contributed by atoms with E-state index in [9.17, 15) is 9.59 Å². The van der Waals surface area contributed by atoms with Gasteiger partial charge in [0, 0.05) is 22.6 Å². The van der Waals surface area contributed by atoms with Crippen LogP contribution in [-0.4, -0.2) is 33.6 Å². The van der Waals surface area contributed by atoms with Crippen molar-refractivity contribution in [3.63, 3.8) is 0 Å². The molecular formula is C21H25BrN2O2S2. The lowest BCUT2D eigenvalue weighted by Crippen LogP contribution is -2.36. The SMILES string of the molecule is CCCCCCN1C(=O)C(=C2SC(=S)N(C(C)CC)C2=O)c2cc(Br)ccc21. The number of unbranched alkanes of at least 4 members (excludes halogenated alkanes) is 3. The number of hydrogen-bond acceptors (Lipinski definition) is 4. The average Bonchev–Trinajstić information content (AvgIpc) is 3.10. The molecule has 1 fully saturated rings. The molecule has 0 saturated carbocycles. The number of rotatable bonds is 7. The molecule has 1 unspecified atom stereocenters. The van der Waals surface area contributed by atoms with Gasteiger partial charge in [0.2, 0.25) is 0 Å². The molecule has 2 aliphatic heterocycles. The molecule has 0 bridgehead atoms. The van der Waals surface area contributed by atoms with Crippen molar-refractivity contribution in [3.05, 3.63) is 33.1 Å². The third-order valence-corrected chi connectivity index (χ3v) is 7.16. The largest absolute Gasteiger partial charge is 0.308 e. The number of carbonyl (C=O) groups excluding carboxylic acids is 2. The lowest BCUT2D eigenvalue weighted by molar-refractivity contribution is -0.123. The Labute approximate surface area is 184 Å². The van der Waals surface area contributed by atoms with E-state index >= 15 is 0 Å². The number of carbonyl (C=O) groups is 2. The summed E-state index contributed by atoms with van der Waals surface area (Å²) in [6.45, 7) is 6.86. The number of anilines is 1. The second-order valence-electron chi connectivity index (χ2n) is 7.18. The Morgan fingerprint density at radius 2 is 1.89 bits per heavy atom. The molecule has 1 atom stereocenters. The lowest BCUT2D eigenvalue weighted by atomic mass is 10.1. The first-order chi connectivity index (χ1) is 13.4. The van der Waals surface area contributed by atoms with Gasteiger partial charge in [0.1, 0.15) is 4.32 Å². The predicted molar refractivity (Wildman–Crippen MR) is 124 cm³/mol. The summed E-state index contributed by atoms with van der Waals surface area (Å²) >= 11 is 10.2. The molecule has 1 saturated heterocycles. The van der Waals surface area contributed by atoms with Gasteiger partial charge in [-0.3, -0.25) is 14.5 Å². The monoisotopic (exact) mass is 480 g/mol. The van der Waals surface area contributed by atoms with Crippen molar-refractivity contribution in [1.29, 1.82) is 0 Å². The Morgan fingerprint density at radius 3 is 2.57 bits per heavy atom. The lowest BCUT2D eigenvalue weighted by Gasteiger charge is -2.21. The Kier molecular flexibility index (Phi) is 6.99. The Hall–Kier alpha value is -1.18. The molecule has 2 amide bonds. The van der Waals surface area contributed by atoms with Crippen LogP contribution in [-0.2, 0) is 9.59 Å². The molecule has 28 heavy (non-hydrogen) atoms. The fourth-order valence-corrected chi connectivity index (χ4v) is 5.43. The van der Waals surface area contributed by atoms with Crippen LogP contribution in [0.15, 0.2) is 27.6 Å². The summed E-state index contributed by atoms with van der Waals surface area (Å²) in [4.78, 5) is 30.4. The highest BCUT2D eigenvalue weighted by Gasteiger charge is 2.42. The zero-order valence-corrected chi connectivity index (χ0v) is 19.7. The third-order valence-electron chi connectivity index (χ3n) is 5.27. The Bertz CT molecular complexity index is 853. The van der Waals surface area contributed by atoms with Crippen LogP contribution in [0.3, 0.4) is 0 Å². The van der Waals surface area contributed by atoms with E-state index in [2.05, 4.69) is 22.9 Å². The number of amides is 2. The average molecular weight is 481 g/mol. The van der Waals surface area contributed by atoms with Crippen LogP contribution in [0.1, 0.15) is 58.4 Å². The quantitative estimate of drug-likeness (QED) is 0.283. The van der Waals surface area contributed by atoms with Crippen LogP contribution in [0.25, 0.3) is 5.57 Å². The van der Waals surface area contributed by atoms with E-state index in [1.54, 1.807) is 4.90 Å². The number of thiocarbonyl (C=S) groups is 1. The summed E-state index contributed by atoms with van der Waals surface area (Å²) in [7, 11) is 0. The van der Waals surface area contributed by atoms with Crippen molar-refractivity contribution >= 4 is 67.3 Å². The first-order valence-corrected chi connectivity index (χ1v) is 11.8. The van der Waals surface area contributed by atoms with Crippen molar-refractivity contribution < 1.29 is 9.59 Å². The van der Waals surface area contributed by atoms with E-state index < -0.39 is 0 Å². The molecule has 7 heteroatoms. The van der Waals surface area contributed by atoms with Gasteiger partial charge in [0.25, 0.3) is 11.8 Å². The second kappa shape index (κ2) is 9.09. The summed E-state index contributed by atoms with van der Waals surface area (Å²) in [6.07, 6.45) is 5.18. The van der Waals surface area contributed by atoms with Crippen molar-refractivity contribution in [1.82, 2.24) is 4.90 Å². The van der Waals surface area contributed by atoms with Crippen LogP contribution in [0, 0.1) is 0 Å². The van der Waals surface area contributed by atoms with E-state index in [1.807, 2.05) is 36.9 Å². The fourth-order valence-electron chi connectivity index (χ4n) is 3.53. The summed E-state index contributed by atoms with van der Waals surface area (Å²) in [5.74, 6) is -0.235. The molecule has 1 aromatic rings. The molecular weight excluding hydrogens is 456 g/mol. The molecule has 0 aromatic heterocycles. The summed E-state index contributed by atoms with van der Waals surface area (Å²) in [6, 6.07) is 5.86. The van der Waals surface area contributed by atoms with Crippen LogP contribution in [0.4, 0.5) is 5.69 Å². The van der Waals surface area contributed by atoms with Gasteiger partial charge in [0.15, 0.2) is 0 Å². The molecule has 1 aromatic carbocycles. The maximum atomic E-state index is 13.3. The zero-order chi connectivity index (χ0) is 20.4. The second-order valence-corrected chi connectivity index (χ2v) is 9.74. The Balaban J connectivity index is 2.01. The van der Waals surface area contributed by atoms with Gasteiger partial charge in [-0.15, -0.1) is 0 Å². The topological polar surface area (TPSA) is 40.6 Å². The minimum Gasteiger partial charge on any atom is -0.308 e. The maximum absolute atomic E-state index is 13.3. The van der Waals surface area contributed by atoms with Crippen LogP contribution >= 0.6 is 39.9 Å². The first kappa shape index (κ1) is 21.5. The maximum Gasteiger partial charge on any atom is 0.267 e. The van der Waals surface area contributed by atoms with Crippen LogP contribution in [0.5, 0.6) is 0 Å².